The minimum absolute atomic E-state index is 0.398. The third-order valence-electron chi connectivity index (χ3n) is 3.87. The molecular formula is C15H26N4. The molecule has 0 aromatic carbocycles. The van der Waals surface area contributed by atoms with Gasteiger partial charge in [-0.05, 0) is 25.4 Å². The molecule has 2 rings (SSSR count). The van der Waals surface area contributed by atoms with Crippen molar-refractivity contribution in [1.82, 2.24) is 20.2 Å². The Bertz CT molecular complexity index is 401. The summed E-state index contributed by atoms with van der Waals surface area (Å²) in [4.78, 5) is 11.2. The van der Waals surface area contributed by atoms with Crippen LogP contribution in [0.3, 0.4) is 0 Å². The molecule has 19 heavy (non-hydrogen) atoms. The lowest BCUT2D eigenvalue weighted by Gasteiger charge is -2.24. The van der Waals surface area contributed by atoms with Crippen molar-refractivity contribution in [1.29, 1.82) is 0 Å². The van der Waals surface area contributed by atoms with Crippen LogP contribution < -0.4 is 5.32 Å². The summed E-state index contributed by atoms with van der Waals surface area (Å²) in [5, 5.41) is 3.55. The second-order valence-electron chi connectivity index (χ2n) is 6.51. The fraction of sp³-hybridized carbons (Fsp3) is 0.733. The fourth-order valence-corrected chi connectivity index (χ4v) is 2.68. The van der Waals surface area contributed by atoms with E-state index in [-0.39, 0.29) is 0 Å². The molecule has 0 radical (unpaired) electrons. The summed E-state index contributed by atoms with van der Waals surface area (Å²) in [7, 11) is 2.20. The normalized spacial score (nSPS) is 24.3. The van der Waals surface area contributed by atoms with E-state index in [4.69, 9.17) is 0 Å². The number of nitrogens with zero attached hydrogens (tertiary/aromatic N) is 3. The lowest BCUT2D eigenvalue weighted by atomic mass is 9.90. The number of likely N-dealkylation sites (tertiary alicyclic amines) is 1. The first-order valence-corrected chi connectivity index (χ1v) is 7.19. The van der Waals surface area contributed by atoms with Crippen LogP contribution in [0.1, 0.15) is 44.5 Å². The van der Waals surface area contributed by atoms with Crippen molar-refractivity contribution in [3.8, 4) is 0 Å². The molecular weight excluding hydrogens is 236 g/mol. The summed E-state index contributed by atoms with van der Waals surface area (Å²) in [6.45, 7) is 10.9. The fourth-order valence-electron chi connectivity index (χ4n) is 2.68. The van der Waals surface area contributed by atoms with Gasteiger partial charge in [-0.2, -0.15) is 0 Å². The predicted molar refractivity (Wildman–Crippen MR) is 78.0 cm³/mol. The molecule has 0 amide bonds. The molecule has 0 aliphatic carbocycles. The van der Waals surface area contributed by atoms with Crippen LogP contribution in [0, 0.1) is 5.41 Å². The van der Waals surface area contributed by atoms with Crippen molar-refractivity contribution in [2.75, 3.05) is 26.7 Å². The molecule has 1 aliphatic rings. The summed E-state index contributed by atoms with van der Waals surface area (Å²) < 4.78 is 0. The van der Waals surface area contributed by atoms with Crippen LogP contribution in [0.5, 0.6) is 0 Å². The smallest absolute Gasteiger partial charge is 0.130 e. The van der Waals surface area contributed by atoms with E-state index in [1.165, 1.54) is 25.1 Å². The van der Waals surface area contributed by atoms with Crippen LogP contribution in [-0.2, 0) is 6.54 Å². The summed E-state index contributed by atoms with van der Waals surface area (Å²) in [5.74, 6) is 1.32. The molecule has 0 spiro atoms. The third-order valence-corrected chi connectivity index (χ3v) is 3.87. The molecule has 2 heterocycles. The Labute approximate surface area is 116 Å². The van der Waals surface area contributed by atoms with Crippen LogP contribution in [0.4, 0.5) is 0 Å². The Morgan fingerprint density at radius 1 is 1.37 bits per heavy atom. The molecule has 1 aromatic rings. The topological polar surface area (TPSA) is 41.1 Å². The molecule has 0 saturated carbocycles. The van der Waals surface area contributed by atoms with Gasteiger partial charge in [0.05, 0.1) is 0 Å². The zero-order valence-corrected chi connectivity index (χ0v) is 12.6. The number of nitrogens with one attached hydrogen (secondary N) is 1. The van der Waals surface area contributed by atoms with Crippen molar-refractivity contribution in [3.63, 3.8) is 0 Å². The van der Waals surface area contributed by atoms with Crippen molar-refractivity contribution in [3.05, 3.63) is 23.8 Å². The first kappa shape index (κ1) is 14.4. The van der Waals surface area contributed by atoms with Crippen LogP contribution in [-0.4, -0.2) is 41.5 Å². The number of aromatic nitrogens is 2. The van der Waals surface area contributed by atoms with Crippen LogP contribution in [0.25, 0.3) is 0 Å². The first-order chi connectivity index (χ1) is 8.98. The van der Waals surface area contributed by atoms with Gasteiger partial charge in [0, 0.05) is 43.5 Å². The molecule has 1 aromatic heterocycles. The molecule has 1 atom stereocenters. The molecule has 106 valence electrons. The zero-order chi connectivity index (χ0) is 13.9. The standard InChI is InChI=1S/C15H26N4/c1-12(2)14-17-8-13(9-18-14)7-16-10-15(3)5-6-19(4)11-15/h8-9,12,16H,5-7,10-11H2,1-4H3. The zero-order valence-electron chi connectivity index (χ0n) is 12.6. The van der Waals surface area contributed by atoms with E-state index >= 15 is 0 Å². The highest BCUT2D eigenvalue weighted by atomic mass is 15.1. The summed E-state index contributed by atoms with van der Waals surface area (Å²) in [5.41, 5.74) is 1.58. The van der Waals surface area contributed by atoms with Crippen molar-refractivity contribution in [2.45, 2.75) is 39.7 Å². The van der Waals surface area contributed by atoms with Crippen LogP contribution in [0.2, 0.25) is 0 Å². The van der Waals surface area contributed by atoms with E-state index < -0.39 is 0 Å². The number of hydrogen-bond acceptors (Lipinski definition) is 4. The maximum atomic E-state index is 4.40. The Kier molecular flexibility index (Phi) is 4.53. The minimum Gasteiger partial charge on any atom is -0.312 e. The maximum absolute atomic E-state index is 4.40. The molecule has 1 saturated heterocycles. The Hall–Kier alpha value is -1.00. The lowest BCUT2D eigenvalue weighted by Crippen LogP contribution is -2.33. The van der Waals surface area contributed by atoms with Gasteiger partial charge in [-0.3, -0.25) is 0 Å². The quantitative estimate of drug-likeness (QED) is 0.881. The SMILES string of the molecule is CC(C)c1ncc(CNCC2(C)CCN(C)C2)cn1. The Morgan fingerprint density at radius 3 is 2.58 bits per heavy atom. The Morgan fingerprint density at radius 2 is 2.05 bits per heavy atom. The van der Waals surface area contributed by atoms with Crippen molar-refractivity contribution >= 4 is 0 Å². The number of rotatable bonds is 5. The summed E-state index contributed by atoms with van der Waals surface area (Å²) in [6.07, 6.45) is 5.16. The maximum Gasteiger partial charge on any atom is 0.130 e. The summed E-state index contributed by atoms with van der Waals surface area (Å²) in [6, 6.07) is 0. The van der Waals surface area contributed by atoms with Gasteiger partial charge in [-0.1, -0.05) is 20.8 Å². The first-order valence-electron chi connectivity index (χ1n) is 7.19. The van der Waals surface area contributed by atoms with Gasteiger partial charge in [0.1, 0.15) is 5.82 Å². The largest absolute Gasteiger partial charge is 0.312 e. The molecule has 1 N–H and O–H groups in total. The highest BCUT2D eigenvalue weighted by Crippen LogP contribution is 2.27. The molecule has 4 nitrogen and oxygen atoms in total. The second kappa shape index (κ2) is 5.97. The molecule has 4 heteroatoms. The molecule has 1 aliphatic heterocycles. The van der Waals surface area contributed by atoms with E-state index in [0.717, 1.165) is 18.9 Å². The van der Waals surface area contributed by atoms with Crippen molar-refractivity contribution < 1.29 is 0 Å². The van der Waals surface area contributed by atoms with E-state index in [1.807, 2.05) is 12.4 Å². The van der Waals surface area contributed by atoms with Crippen molar-refractivity contribution in [2.24, 2.45) is 5.41 Å². The highest BCUT2D eigenvalue weighted by molar-refractivity contribution is 5.06. The predicted octanol–water partition coefficient (Wildman–Crippen LogP) is 2.03. The lowest BCUT2D eigenvalue weighted by molar-refractivity contribution is 0.295. The third kappa shape index (κ3) is 3.98. The van der Waals surface area contributed by atoms with E-state index in [0.29, 0.717) is 11.3 Å². The average molecular weight is 262 g/mol. The van der Waals surface area contributed by atoms with Gasteiger partial charge < -0.3 is 10.2 Å². The highest BCUT2D eigenvalue weighted by Gasteiger charge is 2.31. The van der Waals surface area contributed by atoms with Gasteiger partial charge in [-0.15, -0.1) is 0 Å². The van der Waals surface area contributed by atoms with Gasteiger partial charge in [0.15, 0.2) is 0 Å². The second-order valence-corrected chi connectivity index (χ2v) is 6.51. The monoisotopic (exact) mass is 262 g/mol. The average Bonchev–Trinajstić information content (AvgIpc) is 2.70. The molecule has 1 unspecified atom stereocenters. The van der Waals surface area contributed by atoms with Crippen LogP contribution >= 0.6 is 0 Å². The van der Waals surface area contributed by atoms with Gasteiger partial charge in [0.2, 0.25) is 0 Å². The van der Waals surface area contributed by atoms with E-state index in [1.54, 1.807) is 0 Å². The van der Waals surface area contributed by atoms with E-state index in [2.05, 4.69) is 48.0 Å². The Balaban J connectivity index is 1.79. The number of hydrogen-bond donors (Lipinski definition) is 1. The summed E-state index contributed by atoms with van der Waals surface area (Å²) >= 11 is 0. The van der Waals surface area contributed by atoms with Gasteiger partial charge >= 0.3 is 0 Å². The van der Waals surface area contributed by atoms with Gasteiger partial charge in [0.25, 0.3) is 0 Å². The van der Waals surface area contributed by atoms with E-state index in [9.17, 15) is 0 Å². The van der Waals surface area contributed by atoms with Gasteiger partial charge in [-0.25, -0.2) is 9.97 Å². The van der Waals surface area contributed by atoms with Crippen LogP contribution in [0.15, 0.2) is 12.4 Å². The minimum atomic E-state index is 0.398. The molecule has 0 bridgehead atoms. The molecule has 1 fully saturated rings.